The molecule has 1 N–H and O–H groups in total. The minimum Gasteiger partial charge on any atom is -0.396 e. The summed E-state index contributed by atoms with van der Waals surface area (Å²) < 4.78 is 1.56. The second-order valence-electron chi connectivity index (χ2n) is 2.69. The van der Waals surface area contributed by atoms with Crippen LogP contribution in [-0.2, 0) is 6.42 Å². The Kier molecular flexibility index (Phi) is 2.46. The van der Waals surface area contributed by atoms with Crippen molar-refractivity contribution < 1.29 is 5.11 Å². The molecule has 0 saturated carbocycles. The third kappa shape index (κ3) is 1.60. The molecule has 72 valence electrons. The molecule has 0 fully saturated rings. The smallest absolute Gasteiger partial charge is 0.159 e. The third-order valence-electron chi connectivity index (χ3n) is 1.76. The average molecular weight is 191 g/mol. The summed E-state index contributed by atoms with van der Waals surface area (Å²) in [6, 6.07) is 3.66. The van der Waals surface area contributed by atoms with Crippen LogP contribution in [0.5, 0.6) is 0 Å². The van der Waals surface area contributed by atoms with E-state index in [0.29, 0.717) is 12.2 Å². The van der Waals surface area contributed by atoms with Gasteiger partial charge in [0.2, 0.25) is 0 Å². The highest BCUT2D eigenvalue weighted by molar-refractivity contribution is 5.26. The molecule has 0 aliphatic carbocycles. The quantitative estimate of drug-likeness (QED) is 0.713. The lowest BCUT2D eigenvalue weighted by Crippen LogP contribution is -2.05. The van der Waals surface area contributed by atoms with Crippen molar-refractivity contribution in [2.75, 3.05) is 6.61 Å². The molecule has 2 heterocycles. The van der Waals surface area contributed by atoms with Gasteiger partial charge in [0.15, 0.2) is 5.82 Å². The van der Waals surface area contributed by atoms with E-state index in [0.717, 1.165) is 5.69 Å². The molecule has 0 aromatic carbocycles. The molecule has 6 heteroatoms. The largest absolute Gasteiger partial charge is 0.396 e. The number of hydrogen-bond acceptors (Lipinski definition) is 5. The Labute approximate surface area is 80.2 Å². The topological polar surface area (TPSA) is 76.7 Å². The Balaban J connectivity index is 2.37. The standard InChI is InChI=1S/C8H9N5O/c14-5-3-8-10-11-12-13(8)7-2-1-4-9-6-7/h1-2,4,6,14H,3,5H2. The van der Waals surface area contributed by atoms with E-state index in [-0.39, 0.29) is 6.61 Å². The van der Waals surface area contributed by atoms with Gasteiger partial charge >= 0.3 is 0 Å². The predicted molar refractivity (Wildman–Crippen MR) is 47.7 cm³/mol. The molecule has 2 aromatic heterocycles. The summed E-state index contributed by atoms with van der Waals surface area (Å²) in [6.45, 7) is 0.0284. The van der Waals surface area contributed by atoms with Gasteiger partial charge in [0.1, 0.15) is 0 Å². The SMILES string of the molecule is OCCc1nnnn1-c1cccnc1. The normalized spacial score (nSPS) is 10.4. The van der Waals surface area contributed by atoms with Gasteiger partial charge in [-0.25, -0.2) is 0 Å². The Morgan fingerprint density at radius 3 is 3.07 bits per heavy atom. The number of hydrogen-bond donors (Lipinski definition) is 1. The second-order valence-corrected chi connectivity index (χ2v) is 2.69. The molecule has 2 aromatic rings. The van der Waals surface area contributed by atoms with Crippen LogP contribution in [0, 0.1) is 0 Å². The van der Waals surface area contributed by atoms with Crippen LogP contribution >= 0.6 is 0 Å². The minimum absolute atomic E-state index is 0.0284. The predicted octanol–water partition coefficient (Wildman–Crippen LogP) is -0.408. The lowest BCUT2D eigenvalue weighted by Gasteiger charge is -2.01. The van der Waals surface area contributed by atoms with Crippen LogP contribution in [0.15, 0.2) is 24.5 Å². The number of aliphatic hydroxyl groups is 1. The first-order valence-corrected chi connectivity index (χ1v) is 4.20. The van der Waals surface area contributed by atoms with Crippen molar-refractivity contribution in [2.45, 2.75) is 6.42 Å². The fourth-order valence-corrected chi connectivity index (χ4v) is 1.14. The zero-order chi connectivity index (χ0) is 9.80. The van der Waals surface area contributed by atoms with Crippen LogP contribution in [-0.4, -0.2) is 36.9 Å². The van der Waals surface area contributed by atoms with E-state index in [1.54, 1.807) is 23.1 Å². The molecular weight excluding hydrogens is 182 g/mol. The van der Waals surface area contributed by atoms with Crippen molar-refractivity contribution in [1.29, 1.82) is 0 Å². The molecule has 0 saturated heterocycles. The van der Waals surface area contributed by atoms with Gasteiger partial charge in [0.05, 0.1) is 18.5 Å². The molecule has 0 aliphatic rings. The van der Waals surface area contributed by atoms with Gasteiger partial charge in [-0.05, 0) is 22.6 Å². The zero-order valence-corrected chi connectivity index (χ0v) is 7.41. The Morgan fingerprint density at radius 2 is 2.36 bits per heavy atom. The van der Waals surface area contributed by atoms with Crippen molar-refractivity contribution in [3.05, 3.63) is 30.4 Å². The van der Waals surface area contributed by atoms with E-state index in [4.69, 9.17) is 5.11 Å². The fourth-order valence-electron chi connectivity index (χ4n) is 1.14. The number of pyridine rings is 1. The molecule has 0 spiro atoms. The van der Waals surface area contributed by atoms with Gasteiger partial charge in [0, 0.05) is 12.6 Å². The third-order valence-corrected chi connectivity index (χ3v) is 1.76. The first-order chi connectivity index (χ1) is 6.92. The van der Waals surface area contributed by atoms with E-state index >= 15 is 0 Å². The first-order valence-electron chi connectivity index (χ1n) is 4.20. The first kappa shape index (κ1) is 8.76. The highest BCUT2D eigenvalue weighted by atomic mass is 16.3. The number of tetrazole rings is 1. The average Bonchev–Trinajstić information content (AvgIpc) is 2.68. The zero-order valence-electron chi connectivity index (χ0n) is 7.41. The Morgan fingerprint density at radius 1 is 1.43 bits per heavy atom. The van der Waals surface area contributed by atoms with E-state index in [9.17, 15) is 0 Å². The molecule has 14 heavy (non-hydrogen) atoms. The Hall–Kier alpha value is -1.82. The van der Waals surface area contributed by atoms with E-state index < -0.39 is 0 Å². The summed E-state index contributed by atoms with van der Waals surface area (Å²) in [4.78, 5) is 3.96. The van der Waals surface area contributed by atoms with Crippen molar-refractivity contribution >= 4 is 0 Å². The summed E-state index contributed by atoms with van der Waals surface area (Å²) in [5, 5.41) is 19.9. The highest BCUT2D eigenvalue weighted by Crippen LogP contribution is 2.05. The fraction of sp³-hybridized carbons (Fsp3) is 0.250. The molecule has 0 radical (unpaired) electrons. The molecule has 0 aliphatic heterocycles. The van der Waals surface area contributed by atoms with Crippen LogP contribution in [0.2, 0.25) is 0 Å². The van der Waals surface area contributed by atoms with Gasteiger partial charge in [-0.1, -0.05) is 0 Å². The molecule has 0 unspecified atom stereocenters. The molecule has 6 nitrogen and oxygen atoms in total. The van der Waals surface area contributed by atoms with Gasteiger partial charge in [-0.15, -0.1) is 5.10 Å². The molecule has 0 bridgehead atoms. The van der Waals surface area contributed by atoms with Crippen molar-refractivity contribution in [3.63, 3.8) is 0 Å². The lowest BCUT2D eigenvalue weighted by atomic mass is 10.4. The van der Waals surface area contributed by atoms with Crippen molar-refractivity contribution in [3.8, 4) is 5.69 Å². The highest BCUT2D eigenvalue weighted by Gasteiger charge is 2.06. The van der Waals surface area contributed by atoms with Crippen LogP contribution in [0.4, 0.5) is 0 Å². The molecule has 0 amide bonds. The summed E-state index contributed by atoms with van der Waals surface area (Å²) in [7, 11) is 0. The van der Waals surface area contributed by atoms with Gasteiger partial charge < -0.3 is 5.11 Å². The van der Waals surface area contributed by atoms with Crippen molar-refractivity contribution in [1.82, 2.24) is 25.2 Å². The number of nitrogens with zero attached hydrogens (tertiary/aromatic N) is 5. The van der Waals surface area contributed by atoms with Crippen molar-refractivity contribution in [2.24, 2.45) is 0 Å². The van der Waals surface area contributed by atoms with Gasteiger partial charge in [0.25, 0.3) is 0 Å². The maximum atomic E-state index is 8.78. The van der Waals surface area contributed by atoms with E-state index in [1.165, 1.54) is 0 Å². The maximum Gasteiger partial charge on any atom is 0.159 e. The molecule has 0 atom stereocenters. The second kappa shape index (κ2) is 3.93. The van der Waals surface area contributed by atoms with Crippen LogP contribution in [0.25, 0.3) is 5.69 Å². The monoisotopic (exact) mass is 191 g/mol. The Bertz CT molecular complexity index is 399. The maximum absolute atomic E-state index is 8.78. The lowest BCUT2D eigenvalue weighted by molar-refractivity contribution is 0.295. The van der Waals surface area contributed by atoms with Crippen LogP contribution < -0.4 is 0 Å². The molecule has 2 rings (SSSR count). The number of aromatic nitrogens is 5. The van der Waals surface area contributed by atoms with Crippen LogP contribution in [0.3, 0.4) is 0 Å². The van der Waals surface area contributed by atoms with Crippen LogP contribution in [0.1, 0.15) is 5.82 Å². The van der Waals surface area contributed by atoms with Gasteiger partial charge in [-0.3, -0.25) is 4.98 Å². The minimum atomic E-state index is 0.0284. The summed E-state index contributed by atoms with van der Waals surface area (Å²) in [5.74, 6) is 0.625. The van der Waals surface area contributed by atoms with E-state index in [1.807, 2.05) is 6.07 Å². The summed E-state index contributed by atoms with van der Waals surface area (Å²) in [5.41, 5.74) is 0.793. The number of aliphatic hydroxyl groups excluding tert-OH is 1. The summed E-state index contributed by atoms with van der Waals surface area (Å²) >= 11 is 0. The van der Waals surface area contributed by atoms with Gasteiger partial charge in [-0.2, -0.15) is 4.68 Å². The molecular formula is C8H9N5O. The summed E-state index contributed by atoms with van der Waals surface area (Å²) in [6.07, 6.45) is 3.78. The van der Waals surface area contributed by atoms with E-state index in [2.05, 4.69) is 20.5 Å². The number of rotatable bonds is 3.